The van der Waals surface area contributed by atoms with E-state index < -0.39 is 0 Å². The van der Waals surface area contributed by atoms with Crippen LogP contribution >= 0.6 is 0 Å². The molecule has 4 nitrogen and oxygen atoms in total. The number of nitrogens with zero attached hydrogens (tertiary/aromatic N) is 2. The number of ether oxygens (including phenoxy) is 1. The second-order valence-electron chi connectivity index (χ2n) is 5.79. The highest BCUT2D eigenvalue weighted by Gasteiger charge is 2.32. The van der Waals surface area contributed by atoms with Crippen molar-refractivity contribution in [1.82, 2.24) is 9.80 Å². The van der Waals surface area contributed by atoms with Gasteiger partial charge in [0, 0.05) is 24.7 Å². The molecule has 0 radical (unpaired) electrons. The lowest BCUT2D eigenvalue weighted by Crippen LogP contribution is -2.42. The highest BCUT2D eigenvalue weighted by molar-refractivity contribution is 5.36. The standard InChI is InChI=1S/C16H27N3O/c1-18(2)12-13-7-6-10-19(13)15(11-17)14-8-4-5-9-16(14)20-3/h4-5,8-9,13,15H,6-7,10-12,17H2,1-3H3. The molecule has 2 N–H and O–H groups in total. The fourth-order valence-electron chi connectivity index (χ4n) is 3.27. The van der Waals surface area contributed by atoms with Crippen LogP contribution in [-0.2, 0) is 0 Å². The summed E-state index contributed by atoms with van der Waals surface area (Å²) in [6.07, 6.45) is 2.51. The molecule has 20 heavy (non-hydrogen) atoms. The van der Waals surface area contributed by atoms with Gasteiger partial charge in [0.2, 0.25) is 0 Å². The van der Waals surface area contributed by atoms with Gasteiger partial charge in [-0.15, -0.1) is 0 Å². The van der Waals surface area contributed by atoms with Crippen LogP contribution in [0.5, 0.6) is 5.75 Å². The molecular weight excluding hydrogens is 250 g/mol. The van der Waals surface area contributed by atoms with Crippen LogP contribution in [0, 0.1) is 0 Å². The van der Waals surface area contributed by atoms with E-state index >= 15 is 0 Å². The number of methoxy groups -OCH3 is 1. The Morgan fingerprint density at radius 2 is 2.15 bits per heavy atom. The molecule has 4 heteroatoms. The van der Waals surface area contributed by atoms with Gasteiger partial charge in [-0.05, 0) is 39.5 Å². The Bertz CT molecular complexity index is 422. The Hall–Kier alpha value is -1.10. The van der Waals surface area contributed by atoms with Gasteiger partial charge < -0.3 is 15.4 Å². The normalized spacial score (nSPS) is 21.4. The van der Waals surface area contributed by atoms with Gasteiger partial charge in [-0.3, -0.25) is 4.90 Å². The second kappa shape index (κ2) is 7.07. The molecule has 2 atom stereocenters. The molecule has 1 fully saturated rings. The summed E-state index contributed by atoms with van der Waals surface area (Å²) in [7, 11) is 6.00. The molecule has 1 aromatic carbocycles. The second-order valence-corrected chi connectivity index (χ2v) is 5.79. The lowest BCUT2D eigenvalue weighted by Gasteiger charge is -2.34. The molecule has 1 saturated heterocycles. The Morgan fingerprint density at radius 1 is 1.40 bits per heavy atom. The van der Waals surface area contributed by atoms with Gasteiger partial charge >= 0.3 is 0 Å². The van der Waals surface area contributed by atoms with Gasteiger partial charge in [0.15, 0.2) is 0 Å². The number of hydrogen-bond donors (Lipinski definition) is 1. The van der Waals surface area contributed by atoms with Crippen molar-refractivity contribution in [2.45, 2.75) is 24.9 Å². The van der Waals surface area contributed by atoms with E-state index in [1.165, 1.54) is 18.4 Å². The molecule has 0 spiro atoms. The Kier molecular flexibility index (Phi) is 5.40. The Morgan fingerprint density at radius 3 is 2.80 bits per heavy atom. The van der Waals surface area contributed by atoms with Gasteiger partial charge in [-0.25, -0.2) is 0 Å². The number of rotatable bonds is 6. The average Bonchev–Trinajstić information content (AvgIpc) is 2.88. The minimum atomic E-state index is 0.249. The maximum absolute atomic E-state index is 6.09. The molecule has 0 amide bonds. The monoisotopic (exact) mass is 277 g/mol. The molecular formula is C16H27N3O. The Labute approximate surface area is 122 Å². The third kappa shape index (κ3) is 3.32. The lowest BCUT2D eigenvalue weighted by molar-refractivity contribution is 0.153. The van der Waals surface area contributed by atoms with Crippen LogP contribution in [0.15, 0.2) is 24.3 Å². The van der Waals surface area contributed by atoms with E-state index in [1.54, 1.807) is 7.11 Å². The predicted octanol–water partition coefficient (Wildman–Crippen LogP) is 1.72. The van der Waals surface area contributed by atoms with Gasteiger partial charge in [-0.2, -0.15) is 0 Å². The molecule has 1 aliphatic rings. The van der Waals surface area contributed by atoms with Crippen molar-refractivity contribution in [1.29, 1.82) is 0 Å². The summed E-state index contributed by atoms with van der Waals surface area (Å²) < 4.78 is 5.51. The highest BCUT2D eigenvalue weighted by Crippen LogP contribution is 2.33. The fraction of sp³-hybridized carbons (Fsp3) is 0.625. The molecule has 112 valence electrons. The van der Waals surface area contributed by atoms with Gasteiger partial charge in [0.25, 0.3) is 0 Å². The lowest BCUT2D eigenvalue weighted by atomic mass is 10.0. The first-order chi connectivity index (χ1) is 9.67. The van der Waals surface area contributed by atoms with Gasteiger partial charge in [-0.1, -0.05) is 18.2 Å². The number of likely N-dealkylation sites (tertiary alicyclic amines) is 1. The maximum atomic E-state index is 6.09. The van der Waals surface area contributed by atoms with E-state index in [9.17, 15) is 0 Å². The molecule has 1 aliphatic heterocycles. The maximum Gasteiger partial charge on any atom is 0.123 e. The number of hydrogen-bond acceptors (Lipinski definition) is 4. The number of benzene rings is 1. The molecule has 0 bridgehead atoms. The first-order valence-electron chi connectivity index (χ1n) is 7.40. The summed E-state index contributed by atoms with van der Waals surface area (Å²) in [5.74, 6) is 0.943. The quantitative estimate of drug-likeness (QED) is 0.860. The zero-order valence-electron chi connectivity index (χ0n) is 12.9. The molecule has 1 heterocycles. The summed E-state index contributed by atoms with van der Waals surface area (Å²) in [5.41, 5.74) is 7.30. The first kappa shape index (κ1) is 15.3. The molecule has 2 unspecified atom stereocenters. The first-order valence-corrected chi connectivity index (χ1v) is 7.40. The smallest absolute Gasteiger partial charge is 0.123 e. The van der Waals surface area contributed by atoms with Crippen LogP contribution in [0.1, 0.15) is 24.4 Å². The van der Waals surface area contributed by atoms with Crippen molar-refractivity contribution < 1.29 is 4.74 Å². The van der Waals surface area contributed by atoms with E-state index in [1.807, 2.05) is 12.1 Å². The summed E-state index contributed by atoms with van der Waals surface area (Å²) in [6.45, 7) is 2.84. The third-order valence-electron chi connectivity index (χ3n) is 4.12. The SMILES string of the molecule is COc1ccccc1C(CN)N1CCCC1CN(C)C. The zero-order chi connectivity index (χ0) is 14.5. The van der Waals surface area contributed by atoms with Crippen molar-refractivity contribution in [2.24, 2.45) is 5.73 Å². The minimum Gasteiger partial charge on any atom is -0.496 e. The van der Waals surface area contributed by atoms with E-state index in [2.05, 4.69) is 36.0 Å². The van der Waals surface area contributed by atoms with Crippen LogP contribution in [-0.4, -0.2) is 56.7 Å². The summed E-state index contributed by atoms with van der Waals surface area (Å²) in [4.78, 5) is 4.82. The van der Waals surface area contributed by atoms with Crippen molar-refractivity contribution in [3.8, 4) is 5.75 Å². The zero-order valence-corrected chi connectivity index (χ0v) is 12.9. The van der Waals surface area contributed by atoms with Crippen molar-refractivity contribution >= 4 is 0 Å². The molecule has 0 aliphatic carbocycles. The minimum absolute atomic E-state index is 0.249. The number of likely N-dealkylation sites (N-methyl/N-ethyl adjacent to an activating group) is 1. The van der Waals surface area contributed by atoms with Crippen molar-refractivity contribution in [2.75, 3.05) is 40.8 Å². The van der Waals surface area contributed by atoms with Crippen LogP contribution < -0.4 is 10.5 Å². The van der Waals surface area contributed by atoms with E-state index in [0.717, 1.165) is 18.8 Å². The Balaban J connectivity index is 2.22. The van der Waals surface area contributed by atoms with E-state index in [-0.39, 0.29) is 6.04 Å². The third-order valence-corrected chi connectivity index (χ3v) is 4.12. The number of nitrogens with two attached hydrogens (primary N) is 1. The van der Waals surface area contributed by atoms with Crippen molar-refractivity contribution in [3.05, 3.63) is 29.8 Å². The molecule has 2 rings (SSSR count). The van der Waals surface area contributed by atoms with Crippen LogP contribution in [0.2, 0.25) is 0 Å². The predicted molar refractivity (Wildman–Crippen MR) is 83.1 cm³/mol. The summed E-state index contributed by atoms with van der Waals surface area (Å²) >= 11 is 0. The highest BCUT2D eigenvalue weighted by atomic mass is 16.5. The van der Waals surface area contributed by atoms with Gasteiger partial charge in [0.1, 0.15) is 5.75 Å². The molecule has 0 saturated carbocycles. The molecule has 1 aromatic rings. The van der Waals surface area contributed by atoms with Crippen LogP contribution in [0.25, 0.3) is 0 Å². The topological polar surface area (TPSA) is 41.7 Å². The van der Waals surface area contributed by atoms with E-state index in [4.69, 9.17) is 10.5 Å². The van der Waals surface area contributed by atoms with Crippen LogP contribution in [0.4, 0.5) is 0 Å². The van der Waals surface area contributed by atoms with Gasteiger partial charge in [0.05, 0.1) is 13.2 Å². The largest absolute Gasteiger partial charge is 0.496 e. The fourth-order valence-corrected chi connectivity index (χ4v) is 3.27. The van der Waals surface area contributed by atoms with E-state index in [0.29, 0.717) is 12.6 Å². The number of para-hydroxylation sites is 1. The summed E-state index contributed by atoms with van der Waals surface area (Å²) in [5, 5.41) is 0. The molecule has 0 aromatic heterocycles. The average molecular weight is 277 g/mol. The van der Waals surface area contributed by atoms with Crippen molar-refractivity contribution in [3.63, 3.8) is 0 Å². The van der Waals surface area contributed by atoms with Crippen LogP contribution in [0.3, 0.4) is 0 Å². The summed E-state index contributed by atoms with van der Waals surface area (Å²) in [6, 6.07) is 9.08.